The molecule has 8 heteroatoms. The third-order valence-electron chi connectivity index (χ3n) is 5.86. The first-order chi connectivity index (χ1) is 15.4. The van der Waals surface area contributed by atoms with Crippen LogP contribution in [-0.2, 0) is 14.8 Å². The van der Waals surface area contributed by atoms with Crippen LogP contribution < -0.4 is 4.90 Å². The number of anilines is 1. The van der Waals surface area contributed by atoms with E-state index in [2.05, 4.69) is 4.98 Å². The summed E-state index contributed by atoms with van der Waals surface area (Å²) in [5, 5.41) is 0. The lowest BCUT2D eigenvalue weighted by molar-refractivity contribution is 0.0566. The van der Waals surface area contributed by atoms with Crippen molar-refractivity contribution < 1.29 is 17.9 Å². The van der Waals surface area contributed by atoms with Crippen molar-refractivity contribution in [1.82, 2.24) is 9.29 Å². The van der Waals surface area contributed by atoms with Gasteiger partial charge in [-0.3, -0.25) is 4.90 Å². The number of carbonyl (C=O) groups is 1. The van der Waals surface area contributed by atoms with Crippen molar-refractivity contribution in [1.29, 1.82) is 0 Å². The van der Waals surface area contributed by atoms with Gasteiger partial charge < -0.3 is 4.74 Å². The molecule has 1 aliphatic rings. The summed E-state index contributed by atoms with van der Waals surface area (Å²) in [6.07, 6.45) is 3.50. The van der Waals surface area contributed by atoms with Gasteiger partial charge in [-0.05, 0) is 77.6 Å². The van der Waals surface area contributed by atoms with Crippen LogP contribution >= 0.6 is 0 Å². The minimum absolute atomic E-state index is 0.0944. The maximum absolute atomic E-state index is 13.3. The lowest BCUT2D eigenvalue weighted by Crippen LogP contribution is -2.42. The lowest BCUT2D eigenvalue weighted by atomic mass is 10.1. The Bertz CT molecular complexity index is 1060. The van der Waals surface area contributed by atoms with E-state index in [1.165, 1.54) is 0 Å². The summed E-state index contributed by atoms with van der Waals surface area (Å²) in [4.78, 5) is 19.3. The predicted octanol–water partition coefficient (Wildman–Crippen LogP) is 5.46. The van der Waals surface area contributed by atoms with Gasteiger partial charge in [0.25, 0.3) is 0 Å². The number of carbonyl (C=O) groups excluding carboxylic acids is 1. The Morgan fingerprint density at radius 1 is 1.21 bits per heavy atom. The summed E-state index contributed by atoms with van der Waals surface area (Å²) in [7, 11) is -3.61. The second-order valence-corrected chi connectivity index (χ2v) is 11.5. The van der Waals surface area contributed by atoms with Crippen LogP contribution in [0.5, 0.6) is 0 Å². The second-order valence-electron chi connectivity index (χ2n) is 9.64. The molecule has 2 atom stereocenters. The zero-order valence-electron chi connectivity index (χ0n) is 20.4. The molecule has 2 unspecified atom stereocenters. The Morgan fingerprint density at radius 2 is 1.88 bits per heavy atom. The fourth-order valence-corrected chi connectivity index (χ4v) is 5.62. The van der Waals surface area contributed by atoms with Crippen molar-refractivity contribution in [3.8, 4) is 0 Å². The molecular weight excluding hydrogens is 438 g/mol. The number of benzene rings is 1. The first-order valence-electron chi connectivity index (χ1n) is 11.5. The van der Waals surface area contributed by atoms with Crippen LogP contribution in [-0.4, -0.2) is 42.0 Å². The molecular formula is C25H35N3O4S. The summed E-state index contributed by atoms with van der Waals surface area (Å²) >= 11 is 0. The number of hydrogen-bond acceptors (Lipinski definition) is 5. The van der Waals surface area contributed by atoms with Crippen LogP contribution in [0, 0.1) is 6.92 Å². The molecule has 0 N–H and O–H groups in total. The molecule has 2 aromatic rings. The van der Waals surface area contributed by atoms with E-state index in [1.54, 1.807) is 33.6 Å². The van der Waals surface area contributed by atoms with Crippen LogP contribution in [0.25, 0.3) is 0 Å². The highest BCUT2D eigenvalue weighted by molar-refractivity contribution is 7.89. The first kappa shape index (κ1) is 25.2. The molecule has 0 radical (unpaired) electrons. The van der Waals surface area contributed by atoms with Gasteiger partial charge in [-0.15, -0.1) is 0 Å². The normalized spacial score (nSPS) is 18.2. The Labute approximate surface area is 197 Å². The van der Waals surface area contributed by atoms with Gasteiger partial charge in [0, 0.05) is 18.8 Å². The Hall–Kier alpha value is -2.45. The number of ether oxygens (including phenoxy) is 1. The van der Waals surface area contributed by atoms with Crippen LogP contribution in [0.1, 0.15) is 71.0 Å². The summed E-state index contributed by atoms with van der Waals surface area (Å²) in [6, 6.07) is 10.2. The molecule has 2 heterocycles. The smallest absolute Gasteiger partial charge is 0.416 e. The van der Waals surface area contributed by atoms with Crippen LogP contribution in [0.15, 0.2) is 47.5 Å². The molecule has 1 amide bonds. The molecule has 1 saturated heterocycles. The molecule has 0 saturated carbocycles. The standard InChI is InChI=1S/C25H35N3O4S/c1-7-19(3)28(24(29)32-25(4,5)6)23-15-12-20(17-26-23)22-9-8-16-27(22)33(30,31)21-13-10-18(2)11-14-21/h10-15,17,19,22H,7-9,16H2,1-6H3. The van der Waals surface area contributed by atoms with Crippen molar-refractivity contribution in [3.05, 3.63) is 53.7 Å². The number of amides is 1. The molecule has 1 aromatic carbocycles. The van der Waals surface area contributed by atoms with Gasteiger partial charge in [0.2, 0.25) is 10.0 Å². The number of aromatic nitrogens is 1. The number of pyridine rings is 1. The zero-order chi connectivity index (χ0) is 24.4. The highest BCUT2D eigenvalue weighted by Gasteiger charge is 2.36. The van der Waals surface area contributed by atoms with Gasteiger partial charge in [0.05, 0.1) is 10.9 Å². The van der Waals surface area contributed by atoms with E-state index in [9.17, 15) is 13.2 Å². The van der Waals surface area contributed by atoms with Crippen molar-refractivity contribution in [3.63, 3.8) is 0 Å². The molecule has 1 fully saturated rings. The van der Waals surface area contributed by atoms with Crippen LogP contribution in [0.3, 0.4) is 0 Å². The Kier molecular flexibility index (Phi) is 7.49. The van der Waals surface area contributed by atoms with E-state index in [1.807, 2.05) is 59.7 Å². The van der Waals surface area contributed by atoms with Gasteiger partial charge in [-0.1, -0.05) is 30.7 Å². The number of hydrogen-bond donors (Lipinski definition) is 0. The number of rotatable bonds is 6. The maximum atomic E-state index is 13.3. The third-order valence-corrected chi connectivity index (χ3v) is 7.78. The van der Waals surface area contributed by atoms with Gasteiger partial charge in [-0.2, -0.15) is 4.31 Å². The minimum atomic E-state index is -3.61. The summed E-state index contributed by atoms with van der Waals surface area (Å²) < 4.78 is 33.7. The van der Waals surface area contributed by atoms with Gasteiger partial charge in [0.15, 0.2) is 0 Å². The Morgan fingerprint density at radius 3 is 2.42 bits per heavy atom. The second kappa shape index (κ2) is 9.81. The highest BCUT2D eigenvalue weighted by Crippen LogP contribution is 2.37. The first-order valence-corrected chi connectivity index (χ1v) is 12.9. The van der Waals surface area contributed by atoms with Crippen LogP contribution in [0.2, 0.25) is 0 Å². The zero-order valence-corrected chi connectivity index (χ0v) is 21.2. The topological polar surface area (TPSA) is 79.8 Å². The number of sulfonamides is 1. The van der Waals surface area contributed by atoms with E-state index in [0.717, 1.165) is 30.4 Å². The summed E-state index contributed by atoms with van der Waals surface area (Å²) in [6.45, 7) is 11.9. The molecule has 0 spiro atoms. The average molecular weight is 474 g/mol. The lowest BCUT2D eigenvalue weighted by Gasteiger charge is -2.31. The molecule has 1 aliphatic heterocycles. The minimum Gasteiger partial charge on any atom is -0.443 e. The van der Waals surface area contributed by atoms with Gasteiger partial charge in [0.1, 0.15) is 11.4 Å². The van der Waals surface area contributed by atoms with E-state index >= 15 is 0 Å². The van der Waals surface area contributed by atoms with E-state index in [0.29, 0.717) is 17.3 Å². The fourth-order valence-electron chi connectivity index (χ4n) is 3.94. The van der Waals surface area contributed by atoms with Crippen molar-refractivity contribution in [2.24, 2.45) is 0 Å². The summed E-state index contributed by atoms with van der Waals surface area (Å²) in [5.74, 6) is 0.494. The molecule has 1 aromatic heterocycles. The molecule has 180 valence electrons. The molecule has 3 rings (SSSR count). The number of aryl methyl sites for hydroxylation is 1. The van der Waals surface area contributed by atoms with Gasteiger partial charge in [-0.25, -0.2) is 18.2 Å². The van der Waals surface area contributed by atoms with E-state index in [-0.39, 0.29) is 12.1 Å². The SMILES string of the molecule is CCC(C)N(C(=O)OC(C)(C)C)c1ccc(C2CCCN2S(=O)(=O)c2ccc(C)cc2)cn1. The fraction of sp³-hybridized carbons (Fsp3) is 0.520. The third kappa shape index (κ3) is 5.73. The average Bonchev–Trinajstić information content (AvgIpc) is 3.24. The molecule has 0 bridgehead atoms. The van der Waals surface area contributed by atoms with Crippen molar-refractivity contribution >= 4 is 21.9 Å². The van der Waals surface area contributed by atoms with Gasteiger partial charge >= 0.3 is 6.09 Å². The van der Waals surface area contributed by atoms with E-state index < -0.39 is 21.7 Å². The quantitative estimate of drug-likeness (QED) is 0.557. The number of nitrogens with zero attached hydrogens (tertiary/aromatic N) is 3. The molecule has 7 nitrogen and oxygen atoms in total. The molecule has 33 heavy (non-hydrogen) atoms. The monoisotopic (exact) mass is 473 g/mol. The van der Waals surface area contributed by atoms with Crippen LogP contribution in [0.4, 0.5) is 10.6 Å². The largest absolute Gasteiger partial charge is 0.443 e. The molecule has 0 aliphatic carbocycles. The Balaban J connectivity index is 1.87. The van der Waals surface area contributed by atoms with E-state index in [4.69, 9.17) is 4.74 Å². The summed E-state index contributed by atoms with van der Waals surface area (Å²) in [5.41, 5.74) is 1.22. The van der Waals surface area contributed by atoms with Crippen molar-refractivity contribution in [2.45, 2.75) is 83.4 Å². The van der Waals surface area contributed by atoms with Crippen molar-refractivity contribution in [2.75, 3.05) is 11.4 Å². The predicted molar refractivity (Wildman–Crippen MR) is 130 cm³/mol. The maximum Gasteiger partial charge on any atom is 0.416 e. The highest BCUT2D eigenvalue weighted by atomic mass is 32.2.